The Bertz CT molecular complexity index is 695. The molecular weight excluding hydrogens is 338 g/mol. The molecule has 21 heavy (non-hydrogen) atoms. The number of benzene rings is 1. The van der Waals surface area contributed by atoms with Gasteiger partial charge >= 0.3 is 0 Å². The summed E-state index contributed by atoms with van der Waals surface area (Å²) in [6, 6.07) is 8.16. The van der Waals surface area contributed by atoms with Crippen molar-refractivity contribution in [1.82, 2.24) is 0 Å². The van der Waals surface area contributed by atoms with Gasteiger partial charge < -0.3 is 20.4 Å². The lowest BCUT2D eigenvalue weighted by atomic mass is 10.1. The molecule has 1 heterocycles. The fourth-order valence-corrected chi connectivity index (χ4v) is 2.05. The first-order chi connectivity index (χ1) is 9.88. The summed E-state index contributed by atoms with van der Waals surface area (Å²) in [5, 5.41) is 2.61. The van der Waals surface area contributed by atoms with Gasteiger partial charge in [0.1, 0.15) is 0 Å². The fraction of sp³-hybridized carbons (Fsp3) is 0.143. The number of primary amides is 1. The van der Waals surface area contributed by atoms with Crippen LogP contribution in [0.5, 0.6) is 0 Å². The van der Waals surface area contributed by atoms with Crippen molar-refractivity contribution in [2.24, 2.45) is 5.73 Å². The van der Waals surface area contributed by atoms with E-state index >= 15 is 0 Å². The molecule has 0 saturated heterocycles. The predicted molar refractivity (Wildman–Crippen MR) is 83.6 cm³/mol. The fourth-order valence-electron chi connectivity index (χ4n) is 1.74. The van der Waals surface area contributed by atoms with Crippen LogP contribution in [0.15, 0.2) is 39.4 Å². The van der Waals surface area contributed by atoms with Crippen molar-refractivity contribution in [1.29, 1.82) is 0 Å². The summed E-state index contributed by atoms with van der Waals surface area (Å²) < 4.78 is 5.61. The highest BCUT2D eigenvalue weighted by Gasteiger charge is 2.16. The number of nitrogens with one attached hydrogen (secondary N) is 1. The molecule has 0 spiro atoms. The summed E-state index contributed by atoms with van der Waals surface area (Å²) in [4.78, 5) is 25.4. The lowest BCUT2D eigenvalue weighted by molar-refractivity contribution is 0.0995. The monoisotopic (exact) mass is 351 g/mol. The lowest BCUT2D eigenvalue weighted by Crippen LogP contribution is -2.19. The molecule has 0 aliphatic heterocycles. The maximum absolute atomic E-state index is 12.0. The molecule has 1 aromatic carbocycles. The first-order valence-corrected chi connectivity index (χ1v) is 6.85. The number of hydrogen-bond acceptors (Lipinski definition) is 4. The molecule has 1 aromatic heterocycles. The van der Waals surface area contributed by atoms with Gasteiger partial charge in [-0.2, -0.15) is 0 Å². The molecule has 2 amide bonds. The lowest BCUT2D eigenvalue weighted by Gasteiger charge is -2.15. The summed E-state index contributed by atoms with van der Waals surface area (Å²) in [5.41, 5.74) is 6.75. The number of nitrogens with two attached hydrogens (primary N) is 1. The minimum atomic E-state index is -0.616. The van der Waals surface area contributed by atoms with Gasteiger partial charge in [-0.1, -0.05) is 0 Å². The number of halogens is 1. The number of amides is 2. The van der Waals surface area contributed by atoms with Crippen LogP contribution in [0, 0.1) is 0 Å². The van der Waals surface area contributed by atoms with E-state index in [1.807, 2.05) is 19.0 Å². The number of hydrogen-bond donors (Lipinski definition) is 2. The van der Waals surface area contributed by atoms with Crippen molar-refractivity contribution in [3.05, 3.63) is 46.3 Å². The van der Waals surface area contributed by atoms with Crippen molar-refractivity contribution in [3.8, 4) is 0 Å². The predicted octanol–water partition coefficient (Wildman–Crippen LogP) is 2.46. The normalized spacial score (nSPS) is 10.2. The van der Waals surface area contributed by atoms with Crippen LogP contribution >= 0.6 is 15.9 Å². The minimum absolute atomic E-state index is 0.133. The van der Waals surface area contributed by atoms with Crippen LogP contribution in [0.4, 0.5) is 11.4 Å². The molecule has 7 heteroatoms. The van der Waals surface area contributed by atoms with Crippen LogP contribution in [0.2, 0.25) is 0 Å². The number of nitrogens with zero attached hydrogens (tertiary/aromatic N) is 1. The quantitative estimate of drug-likeness (QED) is 0.885. The number of furan rings is 1. The molecule has 0 radical (unpaired) electrons. The van der Waals surface area contributed by atoms with E-state index in [9.17, 15) is 9.59 Å². The summed E-state index contributed by atoms with van der Waals surface area (Å²) in [6.07, 6.45) is 0. The van der Waals surface area contributed by atoms with E-state index in [0.29, 0.717) is 10.4 Å². The molecule has 110 valence electrons. The second kappa shape index (κ2) is 6.01. The van der Waals surface area contributed by atoms with Crippen LogP contribution in [0.3, 0.4) is 0 Å². The average molecular weight is 352 g/mol. The van der Waals surface area contributed by atoms with Crippen molar-refractivity contribution in [2.75, 3.05) is 24.3 Å². The minimum Gasteiger partial charge on any atom is -0.444 e. The largest absolute Gasteiger partial charge is 0.444 e. The van der Waals surface area contributed by atoms with E-state index in [0.717, 1.165) is 5.69 Å². The molecule has 6 nitrogen and oxygen atoms in total. The highest BCUT2D eigenvalue weighted by Crippen LogP contribution is 2.23. The molecule has 0 unspecified atom stereocenters. The number of anilines is 2. The van der Waals surface area contributed by atoms with Crippen LogP contribution in [0.1, 0.15) is 20.9 Å². The molecule has 2 aromatic rings. The van der Waals surface area contributed by atoms with Gasteiger partial charge in [-0.3, -0.25) is 9.59 Å². The zero-order valence-corrected chi connectivity index (χ0v) is 13.1. The molecule has 0 aliphatic carbocycles. The van der Waals surface area contributed by atoms with Crippen molar-refractivity contribution >= 4 is 39.1 Å². The molecule has 0 saturated carbocycles. The van der Waals surface area contributed by atoms with Gasteiger partial charge in [0.25, 0.3) is 11.8 Å². The Hall–Kier alpha value is -2.28. The maximum atomic E-state index is 12.0. The van der Waals surface area contributed by atoms with Gasteiger partial charge in [-0.15, -0.1) is 0 Å². The number of rotatable bonds is 4. The Balaban J connectivity index is 2.31. The van der Waals surface area contributed by atoms with E-state index in [1.54, 1.807) is 24.3 Å². The Morgan fingerprint density at radius 1 is 1.24 bits per heavy atom. The van der Waals surface area contributed by atoms with Crippen molar-refractivity contribution < 1.29 is 14.0 Å². The summed E-state index contributed by atoms with van der Waals surface area (Å²) in [6.45, 7) is 0. The Labute approximate surface area is 130 Å². The molecule has 2 rings (SSSR count). The van der Waals surface area contributed by atoms with Crippen LogP contribution in [-0.4, -0.2) is 25.9 Å². The van der Waals surface area contributed by atoms with E-state index in [-0.39, 0.29) is 11.3 Å². The Kier molecular flexibility index (Phi) is 4.32. The van der Waals surface area contributed by atoms with Gasteiger partial charge in [0.2, 0.25) is 0 Å². The summed E-state index contributed by atoms with van der Waals surface area (Å²) >= 11 is 3.12. The number of carbonyl (C=O) groups is 2. The molecule has 0 atom stereocenters. The highest BCUT2D eigenvalue weighted by molar-refractivity contribution is 9.10. The summed E-state index contributed by atoms with van der Waals surface area (Å²) in [7, 11) is 3.69. The SMILES string of the molecule is CN(C)c1ccc(NC(=O)c2ccc(Br)o2)c(C(N)=O)c1. The first-order valence-electron chi connectivity index (χ1n) is 6.06. The van der Waals surface area contributed by atoms with Gasteiger partial charge in [-0.05, 0) is 46.3 Å². The smallest absolute Gasteiger partial charge is 0.291 e. The Morgan fingerprint density at radius 3 is 2.48 bits per heavy atom. The zero-order chi connectivity index (χ0) is 15.6. The first kappa shape index (κ1) is 15.1. The zero-order valence-electron chi connectivity index (χ0n) is 11.5. The summed E-state index contributed by atoms with van der Waals surface area (Å²) in [5.74, 6) is -0.940. The molecule has 0 fully saturated rings. The molecule has 0 bridgehead atoms. The van der Waals surface area contributed by atoms with Gasteiger partial charge in [0.15, 0.2) is 10.4 Å². The topological polar surface area (TPSA) is 88.6 Å². The molecule has 3 N–H and O–H groups in total. The van der Waals surface area contributed by atoms with E-state index in [2.05, 4.69) is 21.2 Å². The van der Waals surface area contributed by atoms with Gasteiger partial charge in [-0.25, -0.2) is 0 Å². The van der Waals surface area contributed by atoms with Crippen LogP contribution in [-0.2, 0) is 0 Å². The van der Waals surface area contributed by atoms with Crippen molar-refractivity contribution in [2.45, 2.75) is 0 Å². The van der Waals surface area contributed by atoms with Gasteiger partial charge in [0, 0.05) is 19.8 Å². The van der Waals surface area contributed by atoms with E-state index in [4.69, 9.17) is 10.2 Å². The second-order valence-corrected chi connectivity index (χ2v) is 5.33. The van der Waals surface area contributed by atoms with Crippen LogP contribution < -0.4 is 16.0 Å². The number of carbonyl (C=O) groups excluding carboxylic acids is 2. The second-order valence-electron chi connectivity index (χ2n) is 4.55. The van der Waals surface area contributed by atoms with E-state index < -0.39 is 11.8 Å². The highest BCUT2D eigenvalue weighted by atomic mass is 79.9. The molecule has 0 aliphatic rings. The van der Waals surface area contributed by atoms with Crippen molar-refractivity contribution in [3.63, 3.8) is 0 Å². The third-order valence-electron chi connectivity index (χ3n) is 2.83. The van der Waals surface area contributed by atoms with Crippen LogP contribution in [0.25, 0.3) is 0 Å². The average Bonchev–Trinajstić information content (AvgIpc) is 2.85. The standard InChI is InChI=1S/C14H14BrN3O3/c1-18(2)8-3-4-10(9(7-8)13(16)19)17-14(20)11-5-6-12(15)21-11/h3-7H,1-2H3,(H2,16,19)(H,17,20). The van der Waals surface area contributed by atoms with E-state index in [1.165, 1.54) is 6.07 Å². The maximum Gasteiger partial charge on any atom is 0.291 e. The third-order valence-corrected chi connectivity index (χ3v) is 3.26. The third kappa shape index (κ3) is 3.43. The van der Waals surface area contributed by atoms with Gasteiger partial charge in [0.05, 0.1) is 11.3 Å². The Morgan fingerprint density at radius 2 is 1.95 bits per heavy atom. The molecular formula is C14H14BrN3O3.